The van der Waals surface area contributed by atoms with Gasteiger partial charge in [-0.1, -0.05) is 48.2 Å². The van der Waals surface area contributed by atoms with E-state index in [-0.39, 0.29) is 5.91 Å². The van der Waals surface area contributed by atoms with Gasteiger partial charge in [-0.05, 0) is 37.0 Å². The summed E-state index contributed by atoms with van der Waals surface area (Å²) in [5.41, 5.74) is 4.46. The Labute approximate surface area is 178 Å². The van der Waals surface area contributed by atoms with Crippen LogP contribution in [0.1, 0.15) is 24.4 Å². The molecule has 2 aliphatic rings. The van der Waals surface area contributed by atoms with Gasteiger partial charge >= 0.3 is 0 Å². The summed E-state index contributed by atoms with van der Waals surface area (Å²) in [5.74, 6) is 1.38. The number of thioether (sulfide) groups is 1. The smallest absolute Gasteiger partial charge is 0.237 e. The van der Waals surface area contributed by atoms with Crippen LogP contribution < -0.4 is 4.90 Å². The van der Waals surface area contributed by atoms with E-state index < -0.39 is 0 Å². The van der Waals surface area contributed by atoms with E-state index >= 15 is 0 Å². The van der Waals surface area contributed by atoms with Gasteiger partial charge in [-0.15, -0.1) is 10.2 Å². The number of benzene rings is 2. The van der Waals surface area contributed by atoms with Crippen molar-refractivity contribution >= 4 is 34.3 Å². The summed E-state index contributed by atoms with van der Waals surface area (Å²) in [5, 5.41) is 11.0. The third-order valence-electron chi connectivity index (χ3n) is 5.92. The quantitative estimate of drug-likeness (QED) is 0.489. The zero-order valence-electron chi connectivity index (χ0n) is 16.4. The maximum absolute atomic E-state index is 12.9. The summed E-state index contributed by atoms with van der Waals surface area (Å²) in [4.78, 5) is 18.2. The number of carbonyl (C=O) groups excluding carboxylic acids is 1. The molecule has 0 atom stereocenters. The monoisotopic (exact) mass is 415 g/mol. The summed E-state index contributed by atoms with van der Waals surface area (Å²) >= 11 is 1.50. The zero-order chi connectivity index (χ0) is 20.1. The highest BCUT2D eigenvalue weighted by Gasteiger charge is 2.32. The van der Waals surface area contributed by atoms with Crippen LogP contribution in [-0.2, 0) is 11.2 Å². The average molecular weight is 416 g/mol. The van der Waals surface area contributed by atoms with Gasteiger partial charge in [-0.2, -0.15) is 0 Å². The van der Waals surface area contributed by atoms with Crippen LogP contribution in [0.2, 0.25) is 0 Å². The molecule has 2 aromatic carbocycles. The van der Waals surface area contributed by atoms with E-state index in [4.69, 9.17) is 0 Å². The Morgan fingerprint density at radius 1 is 1.10 bits per heavy atom. The molecule has 3 heterocycles. The lowest BCUT2D eigenvalue weighted by atomic mass is 10.1. The largest absolute Gasteiger partial charge is 0.360 e. The molecular formula is C23H21N5OS. The van der Waals surface area contributed by atoms with E-state index in [1.165, 1.54) is 17.3 Å². The van der Waals surface area contributed by atoms with Crippen molar-refractivity contribution in [3.05, 3.63) is 60.3 Å². The molecule has 1 aliphatic heterocycles. The number of aromatic nitrogens is 4. The van der Waals surface area contributed by atoms with E-state index in [9.17, 15) is 4.79 Å². The van der Waals surface area contributed by atoms with Gasteiger partial charge in [0.25, 0.3) is 0 Å². The lowest BCUT2D eigenvalue weighted by molar-refractivity contribution is -0.116. The van der Waals surface area contributed by atoms with E-state index in [2.05, 4.69) is 37.9 Å². The first-order valence-electron chi connectivity index (χ1n) is 10.3. The highest BCUT2D eigenvalue weighted by atomic mass is 32.2. The number of carbonyl (C=O) groups is 1. The number of hydrogen-bond acceptors (Lipinski definition) is 4. The predicted octanol–water partition coefficient (Wildman–Crippen LogP) is 4.44. The van der Waals surface area contributed by atoms with Gasteiger partial charge in [0.1, 0.15) is 0 Å². The number of amides is 1. The molecule has 1 N–H and O–H groups in total. The first-order chi connectivity index (χ1) is 14.8. The number of H-pyrrole nitrogens is 1. The van der Waals surface area contributed by atoms with Crippen LogP contribution in [0.3, 0.4) is 0 Å². The molecule has 1 amide bonds. The molecule has 0 unspecified atom stereocenters. The van der Waals surface area contributed by atoms with Crippen molar-refractivity contribution in [2.24, 2.45) is 0 Å². The van der Waals surface area contributed by atoms with Crippen molar-refractivity contribution in [1.29, 1.82) is 0 Å². The molecule has 0 bridgehead atoms. The Balaban J connectivity index is 1.27. The second-order valence-corrected chi connectivity index (χ2v) is 8.81. The molecule has 2 aromatic heterocycles. The molecule has 7 heteroatoms. The third kappa shape index (κ3) is 2.92. The lowest BCUT2D eigenvalue weighted by Crippen LogP contribution is -2.30. The van der Waals surface area contributed by atoms with Crippen LogP contribution in [0.4, 0.5) is 5.69 Å². The highest BCUT2D eigenvalue weighted by molar-refractivity contribution is 7.99. The number of nitrogens with one attached hydrogen (secondary N) is 1. The number of anilines is 1. The minimum absolute atomic E-state index is 0.129. The summed E-state index contributed by atoms with van der Waals surface area (Å²) in [6.07, 6.45) is 5.20. The van der Waals surface area contributed by atoms with Crippen molar-refractivity contribution in [2.45, 2.75) is 30.5 Å². The van der Waals surface area contributed by atoms with Crippen LogP contribution in [0, 0.1) is 0 Å². The van der Waals surface area contributed by atoms with Gasteiger partial charge in [0.05, 0.1) is 5.75 Å². The minimum Gasteiger partial charge on any atom is -0.360 e. The molecule has 0 saturated heterocycles. The van der Waals surface area contributed by atoms with E-state index in [1.807, 2.05) is 41.4 Å². The number of nitrogens with zero attached hydrogens (tertiary/aromatic N) is 4. The summed E-state index contributed by atoms with van der Waals surface area (Å²) in [6, 6.07) is 16.8. The van der Waals surface area contributed by atoms with E-state index in [1.54, 1.807) is 0 Å². The van der Waals surface area contributed by atoms with Gasteiger partial charge in [-0.25, -0.2) is 0 Å². The van der Waals surface area contributed by atoms with Crippen molar-refractivity contribution in [3.63, 3.8) is 0 Å². The predicted molar refractivity (Wildman–Crippen MR) is 119 cm³/mol. The Kier molecular flexibility index (Phi) is 4.16. The fourth-order valence-corrected chi connectivity index (χ4v) is 5.16. The second-order valence-electron chi connectivity index (χ2n) is 7.87. The number of fused-ring (bicyclic) bond motifs is 2. The normalized spacial score (nSPS) is 15.7. The summed E-state index contributed by atoms with van der Waals surface area (Å²) in [6.45, 7) is 0.759. The summed E-state index contributed by atoms with van der Waals surface area (Å²) in [7, 11) is 0. The first-order valence-corrected chi connectivity index (χ1v) is 11.3. The molecule has 0 radical (unpaired) electrons. The van der Waals surface area contributed by atoms with Crippen LogP contribution in [0.15, 0.2) is 59.9 Å². The van der Waals surface area contributed by atoms with Gasteiger partial charge in [0.2, 0.25) is 5.91 Å². The van der Waals surface area contributed by atoms with E-state index in [0.29, 0.717) is 11.8 Å². The van der Waals surface area contributed by atoms with Crippen molar-refractivity contribution < 1.29 is 4.79 Å². The second kappa shape index (κ2) is 7.02. The molecule has 1 fully saturated rings. The van der Waals surface area contributed by atoms with Crippen LogP contribution in [0.25, 0.3) is 22.3 Å². The molecule has 1 aliphatic carbocycles. The number of rotatable bonds is 5. The number of aromatic amines is 1. The van der Waals surface area contributed by atoms with Gasteiger partial charge in [0.15, 0.2) is 11.0 Å². The minimum atomic E-state index is 0.129. The molecule has 6 rings (SSSR count). The van der Waals surface area contributed by atoms with Crippen LogP contribution >= 0.6 is 11.8 Å². The van der Waals surface area contributed by atoms with Gasteiger partial charge < -0.3 is 9.88 Å². The zero-order valence-corrected chi connectivity index (χ0v) is 17.2. The van der Waals surface area contributed by atoms with Gasteiger partial charge in [-0.3, -0.25) is 9.36 Å². The molecule has 150 valence electrons. The topological polar surface area (TPSA) is 66.8 Å². The SMILES string of the molecule is O=C(CSc1nnc(-c2c[nH]c3ccccc23)n1C1CC1)N1CCc2ccccc21. The molecule has 0 spiro atoms. The Morgan fingerprint density at radius 2 is 1.93 bits per heavy atom. The maximum Gasteiger partial charge on any atom is 0.237 e. The van der Waals surface area contributed by atoms with Crippen molar-refractivity contribution in [2.75, 3.05) is 17.2 Å². The first kappa shape index (κ1) is 17.8. The van der Waals surface area contributed by atoms with Crippen LogP contribution in [0.5, 0.6) is 0 Å². The Bertz CT molecular complexity index is 1260. The molecular weight excluding hydrogens is 394 g/mol. The van der Waals surface area contributed by atoms with Crippen molar-refractivity contribution in [3.8, 4) is 11.4 Å². The Hall–Kier alpha value is -3.06. The fraction of sp³-hybridized carbons (Fsp3) is 0.261. The maximum atomic E-state index is 12.9. The average Bonchev–Trinajstić information content (AvgIpc) is 3.21. The molecule has 30 heavy (non-hydrogen) atoms. The molecule has 1 saturated carbocycles. The number of para-hydroxylation sites is 2. The number of hydrogen-bond donors (Lipinski definition) is 1. The molecule has 6 nitrogen and oxygen atoms in total. The molecule has 4 aromatic rings. The highest BCUT2D eigenvalue weighted by Crippen LogP contribution is 2.42. The third-order valence-corrected chi connectivity index (χ3v) is 6.85. The van der Waals surface area contributed by atoms with Gasteiger partial charge in [0, 0.05) is 40.9 Å². The van der Waals surface area contributed by atoms with Crippen molar-refractivity contribution in [1.82, 2.24) is 19.7 Å². The van der Waals surface area contributed by atoms with Crippen LogP contribution in [-0.4, -0.2) is 38.0 Å². The standard InChI is InChI=1S/C23H21N5OS/c29-21(27-12-11-15-5-1-4-8-20(15)27)14-30-23-26-25-22(28(23)16-9-10-16)18-13-24-19-7-3-2-6-17(18)19/h1-8,13,16,24H,9-12,14H2. The fourth-order valence-electron chi connectivity index (χ4n) is 4.28. The van der Waals surface area contributed by atoms with E-state index in [0.717, 1.165) is 58.9 Å². The summed E-state index contributed by atoms with van der Waals surface area (Å²) < 4.78 is 2.23. The Morgan fingerprint density at radius 3 is 2.83 bits per heavy atom. The lowest BCUT2D eigenvalue weighted by Gasteiger charge is -2.17.